The Morgan fingerprint density at radius 3 is 2.52 bits per heavy atom. The first-order valence-corrected chi connectivity index (χ1v) is 8.07. The number of nitrogens with zero attached hydrogens (tertiary/aromatic N) is 1. The molecule has 2 aromatic carbocycles. The number of fused-ring (bicyclic) bond motifs is 1. The zero-order chi connectivity index (χ0) is 16.6. The first kappa shape index (κ1) is 13.9. The molecule has 5 rings (SSSR count). The van der Waals surface area contributed by atoms with Crippen molar-refractivity contribution in [2.75, 3.05) is 0 Å². The smallest absolute Gasteiger partial charge is 0.263 e. The highest BCUT2D eigenvalue weighted by Gasteiger charge is 2.21. The number of nitrogens with one attached hydrogen (secondary N) is 1. The summed E-state index contributed by atoms with van der Waals surface area (Å²) in [5.41, 5.74) is 3.86. The lowest BCUT2D eigenvalue weighted by molar-refractivity contribution is 0.524. The number of furan rings is 1. The largest absolute Gasteiger partial charge is 0.459 e. The quantitative estimate of drug-likeness (QED) is 0.459. The van der Waals surface area contributed by atoms with Gasteiger partial charge in [0.05, 0.1) is 6.26 Å². The van der Waals surface area contributed by atoms with Crippen molar-refractivity contribution < 1.29 is 8.83 Å². The molecule has 0 fully saturated rings. The third-order valence-corrected chi connectivity index (χ3v) is 4.24. The zero-order valence-electron chi connectivity index (χ0n) is 13.3. The molecule has 5 aromatic rings. The number of oxazole rings is 1. The van der Waals surface area contributed by atoms with Crippen LogP contribution in [-0.2, 0) is 0 Å². The van der Waals surface area contributed by atoms with E-state index in [-0.39, 0.29) is 0 Å². The van der Waals surface area contributed by atoms with Crippen LogP contribution < -0.4 is 0 Å². The minimum absolute atomic E-state index is 0.476. The maximum atomic E-state index is 6.10. The SMILES string of the molecule is c1ccc(-c2oc(-c3ccco3)nc2-c2c[nH]c3ccccc23)cc1. The van der Waals surface area contributed by atoms with Gasteiger partial charge >= 0.3 is 0 Å². The fourth-order valence-electron chi connectivity index (χ4n) is 3.06. The first-order valence-electron chi connectivity index (χ1n) is 8.07. The summed E-state index contributed by atoms with van der Waals surface area (Å²) < 4.78 is 11.6. The van der Waals surface area contributed by atoms with Crippen molar-refractivity contribution in [1.29, 1.82) is 0 Å². The van der Waals surface area contributed by atoms with Crippen molar-refractivity contribution in [3.05, 3.63) is 79.2 Å². The number of rotatable bonds is 3. The van der Waals surface area contributed by atoms with Gasteiger partial charge in [0.1, 0.15) is 5.69 Å². The van der Waals surface area contributed by atoms with E-state index in [9.17, 15) is 0 Å². The van der Waals surface area contributed by atoms with Crippen LogP contribution in [0.1, 0.15) is 0 Å². The van der Waals surface area contributed by atoms with E-state index in [1.165, 1.54) is 0 Å². The lowest BCUT2D eigenvalue weighted by atomic mass is 10.1. The lowest BCUT2D eigenvalue weighted by Crippen LogP contribution is -1.81. The van der Waals surface area contributed by atoms with Gasteiger partial charge in [-0.15, -0.1) is 0 Å². The first-order chi connectivity index (χ1) is 12.4. The van der Waals surface area contributed by atoms with Crippen LogP contribution in [0.3, 0.4) is 0 Å². The fourth-order valence-corrected chi connectivity index (χ4v) is 3.06. The summed E-state index contributed by atoms with van der Waals surface area (Å²) in [4.78, 5) is 8.05. The predicted octanol–water partition coefficient (Wildman–Crippen LogP) is 5.75. The van der Waals surface area contributed by atoms with E-state index in [1.807, 2.05) is 60.8 Å². The highest BCUT2D eigenvalue weighted by molar-refractivity contribution is 5.97. The third-order valence-electron chi connectivity index (χ3n) is 4.24. The van der Waals surface area contributed by atoms with Crippen LogP contribution in [0.25, 0.3) is 45.1 Å². The molecule has 0 saturated carbocycles. The monoisotopic (exact) mass is 326 g/mol. The molecule has 0 unspecified atom stereocenters. The molecular weight excluding hydrogens is 312 g/mol. The Balaban J connectivity index is 1.78. The minimum atomic E-state index is 0.476. The molecule has 0 aliphatic carbocycles. The average Bonchev–Trinajstić information content (AvgIpc) is 3.40. The van der Waals surface area contributed by atoms with Crippen LogP contribution in [0.15, 0.2) is 88.0 Å². The number of H-pyrrole nitrogens is 1. The molecule has 25 heavy (non-hydrogen) atoms. The second-order valence-corrected chi connectivity index (χ2v) is 5.79. The molecule has 0 radical (unpaired) electrons. The summed E-state index contributed by atoms with van der Waals surface area (Å²) in [5.74, 6) is 1.82. The molecule has 0 amide bonds. The molecule has 120 valence electrons. The zero-order valence-corrected chi connectivity index (χ0v) is 13.3. The van der Waals surface area contributed by atoms with Gasteiger partial charge in [0.2, 0.25) is 0 Å². The van der Waals surface area contributed by atoms with E-state index in [0.29, 0.717) is 11.7 Å². The number of aromatic nitrogens is 2. The van der Waals surface area contributed by atoms with Crippen molar-refractivity contribution in [2.24, 2.45) is 0 Å². The van der Waals surface area contributed by atoms with Crippen molar-refractivity contribution in [3.8, 4) is 34.2 Å². The van der Waals surface area contributed by atoms with Crippen LogP contribution in [0.2, 0.25) is 0 Å². The Kier molecular flexibility index (Phi) is 3.07. The molecule has 0 bridgehead atoms. The minimum Gasteiger partial charge on any atom is -0.459 e. The van der Waals surface area contributed by atoms with Gasteiger partial charge < -0.3 is 13.8 Å². The topological polar surface area (TPSA) is 55.0 Å². The van der Waals surface area contributed by atoms with E-state index in [2.05, 4.69) is 17.1 Å². The van der Waals surface area contributed by atoms with Gasteiger partial charge in [-0.1, -0.05) is 48.5 Å². The van der Waals surface area contributed by atoms with Gasteiger partial charge in [-0.05, 0) is 18.2 Å². The maximum absolute atomic E-state index is 6.10. The summed E-state index contributed by atoms with van der Waals surface area (Å²) in [6.07, 6.45) is 3.59. The van der Waals surface area contributed by atoms with E-state index in [0.717, 1.165) is 33.5 Å². The molecule has 3 aromatic heterocycles. The Bertz CT molecular complexity index is 1140. The molecule has 1 N–H and O–H groups in total. The van der Waals surface area contributed by atoms with Crippen molar-refractivity contribution >= 4 is 10.9 Å². The standard InChI is InChI=1S/C21H14N2O2/c1-2-7-14(8-3-1)20-19(23-21(25-20)18-11-6-12-24-18)16-13-22-17-10-5-4-9-15(16)17/h1-13,22H. The second kappa shape index (κ2) is 5.53. The summed E-state index contributed by atoms with van der Waals surface area (Å²) in [5, 5.41) is 1.11. The Labute approximate surface area is 143 Å². The third kappa shape index (κ3) is 2.27. The van der Waals surface area contributed by atoms with Crippen LogP contribution in [0.5, 0.6) is 0 Å². The predicted molar refractivity (Wildman–Crippen MR) is 96.9 cm³/mol. The van der Waals surface area contributed by atoms with Gasteiger partial charge in [0.15, 0.2) is 11.5 Å². The van der Waals surface area contributed by atoms with Crippen LogP contribution in [0.4, 0.5) is 0 Å². The van der Waals surface area contributed by atoms with Gasteiger partial charge in [-0.3, -0.25) is 0 Å². The van der Waals surface area contributed by atoms with E-state index >= 15 is 0 Å². The molecule has 3 heterocycles. The van der Waals surface area contributed by atoms with E-state index < -0.39 is 0 Å². The number of aromatic amines is 1. The van der Waals surface area contributed by atoms with Gasteiger partial charge in [-0.25, -0.2) is 4.98 Å². The number of hydrogen-bond donors (Lipinski definition) is 1. The molecule has 0 saturated heterocycles. The van der Waals surface area contributed by atoms with Crippen molar-refractivity contribution in [3.63, 3.8) is 0 Å². The summed E-state index contributed by atoms with van der Waals surface area (Å²) in [6, 6.07) is 21.8. The molecule has 4 heteroatoms. The summed E-state index contributed by atoms with van der Waals surface area (Å²) in [6.45, 7) is 0. The van der Waals surface area contributed by atoms with Crippen LogP contribution in [-0.4, -0.2) is 9.97 Å². The molecule has 0 atom stereocenters. The molecule has 0 aliphatic heterocycles. The Hall–Kier alpha value is -3.53. The number of para-hydroxylation sites is 1. The molecule has 0 spiro atoms. The molecule has 0 aliphatic rings. The highest BCUT2D eigenvalue weighted by Crippen LogP contribution is 2.38. The molecular formula is C21H14N2O2. The van der Waals surface area contributed by atoms with E-state index in [1.54, 1.807) is 6.26 Å². The number of benzene rings is 2. The lowest BCUT2D eigenvalue weighted by Gasteiger charge is -2.00. The maximum Gasteiger partial charge on any atom is 0.263 e. The highest BCUT2D eigenvalue weighted by atomic mass is 16.4. The van der Waals surface area contributed by atoms with Gasteiger partial charge in [-0.2, -0.15) is 0 Å². The van der Waals surface area contributed by atoms with Crippen LogP contribution >= 0.6 is 0 Å². The van der Waals surface area contributed by atoms with Gasteiger partial charge in [0.25, 0.3) is 5.89 Å². The van der Waals surface area contributed by atoms with Gasteiger partial charge in [0, 0.05) is 28.2 Å². The van der Waals surface area contributed by atoms with E-state index in [4.69, 9.17) is 13.8 Å². The Morgan fingerprint density at radius 2 is 1.68 bits per heavy atom. The molecule has 4 nitrogen and oxygen atoms in total. The summed E-state index contributed by atoms with van der Waals surface area (Å²) in [7, 11) is 0. The second-order valence-electron chi connectivity index (χ2n) is 5.79. The normalized spacial score (nSPS) is 11.2. The summed E-state index contributed by atoms with van der Waals surface area (Å²) >= 11 is 0. The fraction of sp³-hybridized carbons (Fsp3) is 0. The van der Waals surface area contributed by atoms with Crippen molar-refractivity contribution in [2.45, 2.75) is 0 Å². The number of hydrogen-bond acceptors (Lipinski definition) is 3. The Morgan fingerprint density at radius 1 is 0.840 bits per heavy atom. The average molecular weight is 326 g/mol. The van der Waals surface area contributed by atoms with Crippen LogP contribution in [0, 0.1) is 0 Å². The van der Waals surface area contributed by atoms with Crippen molar-refractivity contribution in [1.82, 2.24) is 9.97 Å².